The number of aromatic nitrogens is 1. The van der Waals surface area contributed by atoms with E-state index in [0.29, 0.717) is 6.42 Å². The maximum absolute atomic E-state index is 11.5. The minimum Gasteiger partial charge on any atom is -0.468 e. The van der Waals surface area contributed by atoms with Gasteiger partial charge in [-0.15, -0.1) is 0 Å². The molecule has 1 unspecified atom stereocenters. The van der Waals surface area contributed by atoms with Crippen LogP contribution in [0, 0.1) is 13.8 Å². The summed E-state index contributed by atoms with van der Waals surface area (Å²) in [4.78, 5) is 11.5. The monoisotopic (exact) mass is 300 g/mol. The lowest BCUT2D eigenvalue weighted by Gasteiger charge is -2.12. The number of carbonyl (C=O) groups excluding carboxylic acids is 1. The molecule has 1 aromatic carbocycles. The Labute approximate surface area is 131 Å². The van der Waals surface area contributed by atoms with Crippen LogP contribution in [0.3, 0.4) is 0 Å². The summed E-state index contributed by atoms with van der Waals surface area (Å²) >= 11 is 0. The molecule has 2 N–H and O–H groups in total. The van der Waals surface area contributed by atoms with Crippen molar-refractivity contribution in [3.05, 3.63) is 58.9 Å². The van der Waals surface area contributed by atoms with Gasteiger partial charge in [0.15, 0.2) is 0 Å². The fraction of sp³-hybridized carbons (Fsp3) is 0.389. The number of esters is 1. The Hall–Kier alpha value is -2.07. The minimum absolute atomic E-state index is 0.367. The van der Waals surface area contributed by atoms with Gasteiger partial charge >= 0.3 is 5.97 Å². The number of hydrogen-bond acceptors (Lipinski definition) is 3. The van der Waals surface area contributed by atoms with Crippen LogP contribution in [-0.2, 0) is 28.9 Å². The minimum atomic E-state index is -0.604. The van der Waals surface area contributed by atoms with Gasteiger partial charge in [-0.25, -0.2) is 0 Å². The number of ether oxygens (including phenoxy) is 1. The molecule has 0 bridgehead atoms. The van der Waals surface area contributed by atoms with E-state index in [0.717, 1.165) is 18.5 Å². The summed E-state index contributed by atoms with van der Waals surface area (Å²) in [5.74, 6) is -0.367. The maximum Gasteiger partial charge on any atom is 0.322 e. The van der Waals surface area contributed by atoms with Gasteiger partial charge in [-0.1, -0.05) is 30.3 Å². The second-order valence-electron chi connectivity index (χ2n) is 5.62. The van der Waals surface area contributed by atoms with Crippen molar-refractivity contribution < 1.29 is 9.53 Å². The summed E-state index contributed by atoms with van der Waals surface area (Å²) in [5.41, 5.74) is 10.7. The Morgan fingerprint density at radius 2 is 1.95 bits per heavy atom. The molecular weight excluding hydrogens is 276 g/mol. The first-order valence-electron chi connectivity index (χ1n) is 7.56. The molecule has 0 aliphatic rings. The number of carbonyl (C=O) groups is 1. The standard InChI is InChI=1S/C18H24N2O2/c1-13-11-16(12-17(19)18(21)22-3)14(2)20(13)10-9-15-7-5-4-6-8-15/h4-8,11,17H,9-10,12,19H2,1-3H3. The number of hydrogen-bond donors (Lipinski definition) is 1. The fourth-order valence-electron chi connectivity index (χ4n) is 2.78. The first kappa shape index (κ1) is 16.3. The predicted molar refractivity (Wildman–Crippen MR) is 87.7 cm³/mol. The number of nitrogens with two attached hydrogens (primary N) is 1. The Morgan fingerprint density at radius 3 is 2.59 bits per heavy atom. The highest BCUT2D eigenvalue weighted by atomic mass is 16.5. The molecule has 1 heterocycles. The van der Waals surface area contributed by atoms with Crippen LogP contribution >= 0.6 is 0 Å². The number of rotatable bonds is 6. The molecule has 2 rings (SSSR count). The molecule has 22 heavy (non-hydrogen) atoms. The fourth-order valence-corrected chi connectivity index (χ4v) is 2.78. The SMILES string of the molecule is COC(=O)C(N)Cc1cc(C)n(CCc2ccccc2)c1C. The molecule has 0 saturated heterocycles. The normalized spacial score (nSPS) is 12.2. The second kappa shape index (κ2) is 7.27. The van der Waals surface area contributed by atoms with Gasteiger partial charge in [0.05, 0.1) is 7.11 Å². The van der Waals surface area contributed by atoms with Gasteiger partial charge in [-0.2, -0.15) is 0 Å². The predicted octanol–water partition coefficient (Wildman–Crippen LogP) is 2.39. The largest absolute Gasteiger partial charge is 0.468 e. The average molecular weight is 300 g/mol. The lowest BCUT2D eigenvalue weighted by Crippen LogP contribution is -2.33. The molecule has 0 spiro atoms. The summed E-state index contributed by atoms with van der Waals surface area (Å²) in [5, 5.41) is 0. The topological polar surface area (TPSA) is 57.2 Å². The van der Waals surface area contributed by atoms with E-state index in [1.807, 2.05) is 6.07 Å². The summed E-state index contributed by atoms with van der Waals surface area (Å²) in [7, 11) is 1.37. The van der Waals surface area contributed by atoms with Crippen molar-refractivity contribution in [1.29, 1.82) is 0 Å². The highest BCUT2D eigenvalue weighted by molar-refractivity contribution is 5.75. The van der Waals surface area contributed by atoms with E-state index in [9.17, 15) is 4.79 Å². The van der Waals surface area contributed by atoms with Crippen molar-refractivity contribution in [2.45, 2.75) is 39.3 Å². The van der Waals surface area contributed by atoms with Gasteiger partial charge in [0, 0.05) is 17.9 Å². The summed E-state index contributed by atoms with van der Waals surface area (Å²) in [6.07, 6.45) is 1.50. The van der Waals surface area contributed by atoms with E-state index >= 15 is 0 Å². The van der Waals surface area contributed by atoms with E-state index in [4.69, 9.17) is 10.5 Å². The van der Waals surface area contributed by atoms with Crippen LogP contribution in [0.1, 0.15) is 22.5 Å². The van der Waals surface area contributed by atoms with Crippen LogP contribution in [0.25, 0.3) is 0 Å². The highest BCUT2D eigenvalue weighted by Crippen LogP contribution is 2.17. The van der Waals surface area contributed by atoms with Crippen molar-refractivity contribution in [1.82, 2.24) is 4.57 Å². The van der Waals surface area contributed by atoms with Crippen LogP contribution in [-0.4, -0.2) is 23.7 Å². The number of benzene rings is 1. The van der Waals surface area contributed by atoms with Gasteiger partial charge in [0.25, 0.3) is 0 Å². The quantitative estimate of drug-likeness (QED) is 0.833. The third kappa shape index (κ3) is 3.77. The molecule has 1 aromatic heterocycles. The smallest absolute Gasteiger partial charge is 0.322 e. The van der Waals surface area contributed by atoms with E-state index < -0.39 is 6.04 Å². The number of nitrogens with zero attached hydrogens (tertiary/aromatic N) is 1. The first-order chi connectivity index (χ1) is 10.5. The van der Waals surface area contributed by atoms with E-state index in [1.165, 1.54) is 24.1 Å². The molecule has 0 amide bonds. The van der Waals surface area contributed by atoms with Crippen LogP contribution in [0.15, 0.2) is 36.4 Å². The molecule has 0 fully saturated rings. The van der Waals surface area contributed by atoms with Gasteiger partial charge < -0.3 is 15.0 Å². The lowest BCUT2D eigenvalue weighted by molar-refractivity contribution is -0.142. The van der Waals surface area contributed by atoms with Crippen molar-refractivity contribution in [2.24, 2.45) is 5.73 Å². The third-order valence-electron chi connectivity index (χ3n) is 4.09. The van der Waals surface area contributed by atoms with Gasteiger partial charge in [0.1, 0.15) is 6.04 Å². The molecule has 2 aromatic rings. The average Bonchev–Trinajstić information content (AvgIpc) is 2.79. The Bertz CT molecular complexity index is 632. The van der Waals surface area contributed by atoms with Crippen LogP contribution in [0.4, 0.5) is 0 Å². The molecule has 1 atom stereocenters. The molecule has 0 aliphatic carbocycles. The molecule has 118 valence electrons. The molecule has 0 aliphatic heterocycles. The Morgan fingerprint density at radius 1 is 1.27 bits per heavy atom. The Balaban J connectivity index is 2.08. The molecule has 0 radical (unpaired) electrons. The number of aryl methyl sites for hydroxylation is 2. The zero-order chi connectivity index (χ0) is 16.1. The zero-order valence-electron chi connectivity index (χ0n) is 13.5. The first-order valence-corrected chi connectivity index (χ1v) is 7.56. The Kier molecular flexibility index (Phi) is 5.39. The van der Waals surface area contributed by atoms with Crippen molar-refractivity contribution in [2.75, 3.05) is 7.11 Å². The summed E-state index contributed by atoms with van der Waals surface area (Å²) < 4.78 is 6.98. The van der Waals surface area contributed by atoms with E-state index in [1.54, 1.807) is 0 Å². The van der Waals surface area contributed by atoms with E-state index in [2.05, 4.69) is 48.7 Å². The summed E-state index contributed by atoms with van der Waals surface area (Å²) in [6, 6.07) is 11.9. The second-order valence-corrected chi connectivity index (χ2v) is 5.62. The van der Waals surface area contributed by atoms with Gasteiger partial charge in [0.2, 0.25) is 0 Å². The molecule has 4 nitrogen and oxygen atoms in total. The number of methoxy groups -OCH3 is 1. The van der Waals surface area contributed by atoms with Crippen LogP contribution < -0.4 is 5.73 Å². The molecule has 0 saturated carbocycles. The lowest BCUT2D eigenvalue weighted by atomic mass is 10.1. The van der Waals surface area contributed by atoms with Crippen molar-refractivity contribution in [3.8, 4) is 0 Å². The molecule has 4 heteroatoms. The molecular formula is C18H24N2O2. The zero-order valence-corrected chi connectivity index (χ0v) is 13.5. The van der Waals surface area contributed by atoms with Crippen molar-refractivity contribution in [3.63, 3.8) is 0 Å². The highest BCUT2D eigenvalue weighted by Gasteiger charge is 2.18. The maximum atomic E-state index is 11.5. The van der Waals surface area contributed by atoms with Gasteiger partial charge in [-0.3, -0.25) is 4.79 Å². The summed E-state index contributed by atoms with van der Waals surface area (Å²) in [6.45, 7) is 5.09. The van der Waals surface area contributed by atoms with Crippen molar-refractivity contribution >= 4 is 5.97 Å². The van der Waals surface area contributed by atoms with Crippen LogP contribution in [0.2, 0.25) is 0 Å². The third-order valence-corrected chi connectivity index (χ3v) is 4.09. The van der Waals surface area contributed by atoms with Gasteiger partial charge in [-0.05, 0) is 43.9 Å². The van der Waals surface area contributed by atoms with Crippen LogP contribution in [0.5, 0.6) is 0 Å². The van der Waals surface area contributed by atoms with E-state index in [-0.39, 0.29) is 5.97 Å².